The second-order valence-electron chi connectivity index (χ2n) is 5.50. The Labute approximate surface area is 111 Å². The first-order valence-electron chi connectivity index (χ1n) is 6.47. The molecule has 0 aromatic heterocycles. The summed E-state index contributed by atoms with van der Waals surface area (Å²) in [5.41, 5.74) is 7.52. The standard InChI is InChI=1S/C14H19F3N2/c1-10(8-14(15,16)17)19-9-13(6-7-13)11-2-4-12(18)5-3-11/h2-5,10,19H,6-9,18H2,1H3. The molecule has 5 heteroatoms. The molecule has 1 saturated carbocycles. The number of anilines is 1. The van der Waals surface area contributed by atoms with Crippen LogP contribution in [0.1, 0.15) is 31.7 Å². The Morgan fingerprint density at radius 2 is 1.84 bits per heavy atom. The van der Waals surface area contributed by atoms with Gasteiger partial charge in [0.25, 0.3) is 0 Å². The number of alkyl halides is 3. The molecule has 1 aromatic rings. The summed E-state index contributed by atoms with van der Waals surface area (Å²) in [4.78, 5) is 0. The molecule has 1 unspecified atom stereocenters. The van der Waals surface area contributed by atoms with Crippen LogP contribution in [0.4, 0.5) is 18.9 Å². The highest BCUT2D eigenvalue weighted by Gasteiger charge is 2.44. The first-order valence-corrected chi connectivity index (χ1v) is 6.47. The van der Waals surface area contributed by atoms with E-state index in [0.29, 0.717) is 12.2 Å². The fraction of sp³-hybridized carbons (Fsp3) is 0.571. The molecular formula is C14H19F3N2. The third-order valence-corrected chi connectivity index (χ3v) is 3.70. The molecule has 1 atom stereocenters. The molecule has 1 fully saturated rings. The number of nitrogen functional groups attached to an aromatic ring is 1. The smallest absolute Gasteiger partial charge is 0.390 e. The van der Waals surface area contributed by atoms with E-state index in [2.05, 4.69) is 5.32 Å². The molecule has 0 radical (unpaired) electrons. The maximum absolute atomic E-state index is 12.3. The van der Waals surface area contributed by atoms with E-state index in [0.717, 1.165) is 18.4 Å². The van der Waals surface area contributed by atoms with E-state index in [1.807, 2.05) is 24.3 Å². The molecule has 0 spiro atoms. The second-order valence-corrected chi connectivity index (χ2v) is 5.50. The van der Waals surface area contributed by atoms with E-state index < -0.39 is 18.6 Å². The van der Waals surface area contributed by atoms with Gasteiger partial charge >= 0.3 is 6.18 Å². The summed E-state index contributed by atoms with van der Waals surface area (Å²) in [5.74, 6) is 0. The van der Waals surface area contributed by atoms with E-state index >= 15 is 0 Å². The Morgan fingerprint density at radius 1 is 1.26 bits per heavy atom. The molecule has 1 aliphatic carbocycles. The van der Waals surface area contributed by atoms with Gasteiger partial charge in [-0.15, -0.1) is 0 Å². The van der Waals surface area contributed by atoms with Crippen molar-refractivity contribution in [1.82, 2.24) is 5.32 Å². The van der Waals surface area contributed by atoms with Gasteiger partial charge in [0.1, 0.15) is 0 Å². The summed E-state index contributed by atoms with van der Waals surface area (Å²) < 4.78 is 36.8. The molecule has 0 heterocycles. The lowest BCUT2D eigenvalue weighted by Gasteiger charge is -2.21. The Kier molecular flexibility index (Phi) is 3.76. The van der Waals surface area contributed by atoms with Gasteiger partial charge in [0, 0.05) is 23.7 Å². The van der Waals surface area contributed by atoms with Crippen molar-refractivity contribution in [3.63, 3.8) is 0 Å². The fourth-order valence-corrected chi connectivity index (χ4v) is 2.34. The molecular weight excluding hydrogens is 253 g/mol. The highest BCUT2D eigenvalue weighted by atomic mass is 19.4. The van der Waals surface area contributed by atoms with E-state index in [-0.39, 0.29) is 5.41 Å². The predicted molar refractivity (Wildman–Crippen MR) is 69.9 cm³/mol. The first-order chi connectivity index (χ1) is 8.81. The number of nitrogens with one attached hydrogen (secondary N) is 1. The van der Waals surface area contributed by atoms with Crippen molar-refractivity contribution >= 4 is 5.69 Å². The lowest BCUT2D eigenvalue weighted by atomic mass is 9.95. The summed E-state index contributed by atoms with van der Waals surface area (Å²) >= 11 is 0. The van der Waals surface area contributed by atoms with Gasteiger partial charge in [-0.2, -0.15) is 13.2 Å². The van der Waals surface area contributed by atoms with Crippen LogP contribution in [-0.4, -0.2) is 18.8 Å². The quantitative estimate of drug-likeness (QED) is 0.808. The maximum Gasteiger partial charge on any atom is 0.390 e. The van der Waals surface area contributed by atoms with Crippen LogP contribution in [0.2, 0.25) is 0 Å². The second kappa shape index (κ2) is 5.04. The van der Waals surface area contributed by atoms with Crippen molar-refractivity contribution in [1.29, 1.82) is 0 Å². The normalized spacial score (nSPS) is 19.2. The number of halogens is 3. The van der Waals surface area contributed by atoms with Gasteiger partial charge in [-0.1, -0.05) is 12.1 Å². The summed E-state index contributed by atoms with van der Waals surface area (Å²) in [6.07, 6.45) is -2.86. The highest BCUT2D eigenvalue weighted by Crippen LogP contribution is 2.47. The van der Waals surface area contributed by atoms with Gasteiger partial charge in [0.05, 0.1) is 6.42 Å². The van der Waals surface area contributed by atoms with Crippen LogP contribution in [0.15, 0.2) is 24.3 Å². The van der Waals surface area contributed by atoms with Crippen LogP contribution >= 0.6 is 0 Å². The van der Waals surface area contributed by atoms with Crippen molar-refractivity contribution in [2.45, 2.75) is 43.8 Å². The van der Waals surface area contributed by atoms with Crippen molar-refractivity contribution in [2.24, 2.45) is 0 Å². The third-order valence-electron chi connectivity index (χ3n) is 3.70. The molecule has 106 valence electrons. The lowest BCUT2D eigenvalue weighted by molar-refractivity contribution is -0.139. The molecule has 2 rings (SSSR count). The molecule has 2 nitrogen and oxygen atoms in total. The SMILES string of the molecule is CC(CC(F)(F)F)NCC1(c2ccc(N)cc2)CC1. The summed E-state index contributed by atoms with van der Waals surface area (Å²) in [6.45, 7) is 2.17. The molecule has 0 saturated heterocycles. The third kappa shape index (κ3) is 3.86. The summed E-state index contributed by atoms with van der Waals surface area (Å²) in [7, 11) is 0. The van der Waals surface area contributed by atoms with E-state index in [9.17, 15) is 13.2 Å². The van der Waals surface area contributed by atoms with Crippen LogP contribution in [0.5, 0.6) is 0 Å². The number of hydrogen-bond donors (Lipinski definition) is 2. The van der Waals surface area contributed by atoms with E-state index in [1.165, 1.54) is 0 Å². The Bertz CT molecular complexity index is 421. The minimum Gasteiger partial charge on any atom is -0.399 e. The van der Waals surface area contributed by atoms with Gasteiger partial charge in [0.2, 0.25) is 0 Å². The molecule has 1 aliphatic rings. The predicted octanol–water partition coefficient (Wildman–Crippen LogP) is 3.23. The minimum atomic E-state index is -4.11. The zero-order valence-electron chi connectivity index (χ0n) is 10.9. The van der Waals surface area contributed by atoms with Crippen molar-refractivity contribution in [3.05, 3.63) is 29.8 Å². The monoisotopic (exact) mass is 272 g/mol. The van der Waals surface area contributed by atoms with E-state index in [1.54, 1.807) is 6.92 Å². The molecule has 3 N–H and O–H groups in total. The zero-order chi connectivity index (χ0) is 14.1. The Balaban J connectivity index is 1.90. The number of rotatable bonds is 5. The average molecular weight is 272 g/mol. The van der Waals surface area contributed by atoms with Crippen LogP contribution in [0, 0.1) is 0 Å². The van der Waals surface area contributed by atoms with Crippen LogP contribution < -0.4 is 11.1 Å². The summed E-state index contributed by atoms with van der Waals surface area (Å²) in [6, 6.07) is 7.08. The highest BCUT2D eigenvalue weighted by molar-refractivity contribution is 5.43. The zero-order valence-corrected chi connectivity index (χ0v) is 10.9. The molecule has 0 bridgehead atoms. The molecule has 0 aliphatic heterocycles. The van der Waals surface area contributed by atoms with Crippen LogP contribution in [0.3, 0.4) is 0 Å². The number of nitrogens with two attached hydrogens (primary N) is 1. The Morgan fingerprint density at radius 3 is 2.32 bits per heavy atom. The van der Waals surface area contributed by atoms with Crippen molar-refractivity contribution < 1.29 is 13.2 Å². The van der Waals surface area contributed by atoms with Crippen LogP contribution in [0.25, 0.3) is 0 Å². The van der Waals surface area contributed by atoms with E-state index in [4.69, 9.17) is 5.73 Å². The molecule has 1 aromatic carbocycles. The van der Waals surface area contributed by atoms with Crippen LogP contribution in [-0.2, 0) is 5.41 Å². The van der Waals surface area contributed by atoms with Gasteiger partial charge in [0.15, 0.2) is 0 Å². The topological polar surface area (TPSA) is 38.0 Å². The minimum absolute atomic E-state index is 0.00750. The number of hydrogen-bond acceptors (Lipinski definition) is 2. The van der Waals surface area contributed by atoms with Crippen molar-refractivity contribution in [3.8, 4) is 0 Å². The molecule has 19 heavy (non-hydrogen) atoms. The first kappa shape index (κ1) is 14.2. The average Bonchev–Trinajstić information content (AvgIpc) is 3.06. The largest absolute Gasteiger partial charge is 0.399 e. The maximum atomic E-state index is 12.3. The fourth-order valence-electron chi connectivity index (χ4n) is 2.34. The Hall–Kier alpha value is -1.23. The van der Waals surface area contributed by atoms with Gasteiger partial charge in [-0.3, -0.25) is 0 Å². The van der Waals surface area contributed by atoms with Crippen molar-refractivity contribution in [2.75, 3.05) is 12.3 Å². The van der Waals surface area contributed by atoms with Gasteiger partial charge in [-0.25, -0.2) is 0 Å². The van der Waals surface area contributed by atoms with Gasteiger partial charge < -0.3 is 11.1 Å². The lowest BCUT2D eigenvalue weighted by Crippen LogP contribution is -2.36. The summed E-state index contributed by atoms with van der Waals surface area (Å²) in [5, 5.41) is 3.00. The van der Waals surface area contributed by atoms with Gasteiger partial charge in [-0.05, 0) is 37.5 Å². The molecule has 0 amide bonds. The number of benzene rings is 1.